The third kappa shape index (κ3) is 4.97. The largest absolute Gasteiger partial charge is 0.384 e. The highest BCUT2D eigenvalue weighted by molar-refractivity contribution is 6.45. The molecule has 1 aromatic carbocycles. The van der Waals surface area contributed by atoms with E-state index < -0.39 is 5.91 Å². The maximum Gasteiger partial charge on any atom is 0.271 e. The van der Waals surface area contributed by atoms with Crippen LogP contribution in [-0.4, -0.2) is 37.1 Å². The van der Waals surface area contributed by atoms with Crippen molar-refractivity contribution in [3.63, 3.8) is 0 Å². The van der Waals surface area contributed by atoms with Crippen LogP contribution in [0, 0.1) is 0 Å². The van der Waals surface area contributed by atoms with Crippen molar-refractivity contribution < 1.29 is 9.59 Å². The number of nitrogens with zero attached hydrogens (tertiary/aromatic N) is 1. The first-order valence-electron chi connectivity index (χ1n) is 8.53. The van der Waals surface area contributed by atoms with E-state index in [1.54, 1.807) is 25.5 Å². The Bertz CT molecular complexity index is 877. The van der Waals surface area contributed by atoms with Gasteiger partial charge < -0.3 is 15.6 Å². The van der Waals surface area contributed by atoms with Gasteiger partial charge in [-0.15, -0.1) is 0 Å². The molecule has 0 saturated heterocycles. The zero-order valence-corrected chi connectivity index (χ0v) is 16.0. The molecule has 1 amide bonds. The standard InChI is InChI=1S/C20H23BN4O2/c1-20(2,3)18-15(23-12-24-18)10-14(11-26)25-19(27)17(22-4)16(21)13-8-6-5-7-9-13/h5-12,22H,1-4H3,(H,23,24)(H,25,27)/b14-10-,17-16+. The van der Waals surface area contributed by atoms with Gasteiger partial charge in [-0.1, -0.05) is 56.6 Å². The number of carbonyl (C=O) groups is 2. The van der Waals surface area contributed by atoms with Gasteiger partial charge in [-0.05, 0) is 11.6 Å². The molecule has 7 heteroatoms. The van der Waals surface area contributed by atoms with Crippen LogP contribution < -0.4 is 10.6 Å². The van der Waals surface area contributed by atoms with Crippen molar-refractivity contribution >= 4 is 31.6 Å². The van der Waals surface area contributed by atoms with Crippen LogP contribution >= 0.6 is 0 Å². The Balaban J connectivity index is 2.31. The number of hydrogen-bond donors (Lipinski definition) is 3. The number of aldehydes is 1. The van der Waals surface area contributed by atoms with Crippen LogP contribution in [0.4, 0.5) is 0 Å². The average Bonchev–Trinajstić information content (AvgIpc) is 3.11. The lowest BCUT2D eigenvalue weighted by Gasteiger charge is -2.17. The highest BCUT2D eigenvalue weighted by Gasteiger charge is 2.20. The third-order valence-corrected chi connectivity index (χ3v) is 3.93. The number of imidazole rings is 1. The summed E-state index contributed by atoms with van der Waals surface area (Å²) in [6, 6.07) is 9.12. The van der Waals surface area contributed by atoms with E-state index >= 15 is 0 Å². The first kappa shape index (κ1) is 20.2. The minimum Gasteiger partial charge on any atom is -0.384 e. The summed E-state index contributed by atoms with van der Waals surface area (Å²) in [7, 11) is 7.71. The third-order valence-electron chi connectivity index (χ3n) is 3.93. The Morgan fingerprint density at radius 2 is 1.89 bits per heavy atom. The van der Waals surface area contributed by atoms with Gasteiger partial charge in [-0.3, -0.25) is 9.59 Å². The normalized spacial score (nSPS) is 13.0. The highest BCUT2D eigenvalue weighted by Crippen LogP contribution is 2.24. The van der Waals surface area contributed by atoms with E-state index in [0.717, 1.165) is 5.69 Å². The maximum atomic E-state index is 12.6. The second-order valence-electron chi connectivity index (χ2n) is 6.99. The molecule has 2 rings (SSSR count). The molecule has 0 saturated carbocycles. The van der Waals surface area contributed by atoms with E-state index in [2.05, 4.69) is 20.6 Å². The van der Waals surface area contributed by atoms with Gasteiger partial charge in [0.05, 0.1) is 23.4 Å². The molecule has 0 aliphatic heterocycles. The Labute approximate surface area is 160 Å². The Morgan fingerprint density at radius 1 is 1.22 bits per heavy atom. The van der Waals surface area contributed by atoms with Crippen molar-refractivity contribution in [3.05, 3.63) is 65.0 Å². The van der Waals surface area contributed by atoms with Gasteiger partial charge in [0.25, 0.3) is 5.91 Å². The molecule has 138 valence electrons. The minimum absolute atomic E-state index is 0.0891. The molecule has 0 aliphatic carbocycles. The van der Waals surface area contributed by atoms with E-state index in [9.17, 15) is 9.59 Å². The highest BCUT2D eigenvalue weighted by atomic mass is 16.2. The second-order valence-corrected chi connectivity index (χ2v) is 6.99. The topological polar surface area (TPSA) is 86.9 Å². The molecule has 6 nitrogen and oxygen atoms in total. The van der Waals surface area contributed by atoms with Gasteiger partial charge in [0, 0.05) is 18.2 Å². The summed E-state index contributed by atoms with van der Waals surface area (Å²) in [5.74, 6) is -0.509. The van der Waals surface area contributed by atoms with Crippen LogP contribution in [0.5, 0.6) is 0 Å². The quantitative estimate of drug-likeness (QED) is 0.417. The van der Waals surface area contributed by atoms with Crippen LogP contribution in [-0.2, 0) is 15.0 Å². The molecule has 1 aromatic heterocycles. The molecule has 0 aliphatic rings. The van der Waals surface area contributed by atoms with Crippen LogP contribution in [0.3, 0.4) is 0 Å². The number of amides is 1. The average molecular weight is 362 g/mol. The summed E-state index contributed by atoms with van der Waals surface area (Å²) in [4.78, 5) is 31.4. The lowest BCUT2D eigenvalue weighted by molar-refractivity contribution is -0.118. The molecular formula is C20H23BN4O2. The van der Waals surface area contributed by atoms with E-state index in [-0.39, 0.29) is 22.3 Å². The fourth-order valence-electron chi connectivity index (χ4n) is 2.59. The number of aromatic amines is 1. The summed E-state index contributed by atoms with van der Waals surface area (Å²) in [6.07, 6.45) is 3.67. The Hall–Kier alpha value is -3.09. The molecule has 3 N–H and O–H groups in total. The van der Waals surface area contributed by atoms with Crippen molar-refractivity contribution in [1.82, 2.24) is 20.6 Å². The van der Waals surface area contributed by atoms with Gasteiger partial charge in [-0.25, -0.2) is 4.98 Å². The Morgan fingerprint density at radius 3 is 2.44 bits per heavy atom. The molecule has 2 radical (unpaired) electrons. The smallest absolute Gasteiger partial charge is 0.271 e. The van der Waals surface area contributed by atoms with Crippen molar-refractivity contribution in [2.45, 2.75) is 26.2 Å². The van der Waals surface area contributed by atoms with Gasteiger partial charge in [0.1, 0.15) is 7.85 Å². The Kier molecular flexibility index (Phi) is 6.39. The summed E-state index contributed by atoms with van der Waals surface area (Å²) in [5, 5.41) is 5.39. The number of allylic oxidation sites excluding steroid dienone is 1. The number of hydrogen-bond acceptors (Lipinski definition) is 4. The van der Waals surface area contributed by atoms with E-state index in [4.69, 9.17) is 7.85 Å². The first-order chi connectivity index (χ1) is 12.8. The lowest BCUT2D eigenvalue weighted by atomic mass is 9.86. The second kappa shape index (κ2) is 8.53. The zero-order chi connectivity index (χ0) is 20.0. The molecule has 0 bridgehead atoms. The molecule has 0 fully saturated rings. The van der Waals surface area contributed by atoms with Crippen molar-refractivity contribution in [2.24, 2.45) is 0 Å². The van der Waals surface area contributed by atoms with Gasteiger partial charge in [0.15, 0.2) is 6.29 Å². The van der Waals surface area contributed by atoms with Crippen LogP contribution in [0.25, 0.3) is 11.5 Å². The summed E-state index contributed by atoms with van der Waals surface area (Å²) in [5.41, 5.74) is 2.53. The van der Waals surface area contributed by atoms with E-state index in [1.165, 1.54) is 6.08 Å². The summed E-state index contributed by atoms with van der Waals surface area (Å²) < 4.78 is 0. The van der Waals surface area contributed by atoms with Gasteiger partial charge in [0.2, 0.25) is 0 Å². The first-order valence-corrected chi connectivity index (χ1v) is 8.53. The molecule has 2 aromatic rings. The fourth-order valence-corrected chi connectivity index (χ4v) is 2.59. The SMILES string of the molecule is [B]/C(=C(/NC)C(=O)N/C(C=O)=C\c1nc[nH]c1C(C)(C)C)c1ccccc1. The zero-order valence-electron chi connectivity index (χ0n) is 16.0. The van der Waals surface area contributed by atoms with E-state index in [1.807, 2.05) is 39.0 Å². The molecule has 27 heavy (non-hydrogen) atoms. The monoisotopic (exact) mass is 362 g/mol. The summed E-state index contributed by atoms with van der Waals surface area (Å²) >= 11 is 0. The fraction of sp³-hybridized carbons (Fsp3) is 0.250. The number of benzene rings is 1. The molecule has 0 atom stereocenters. The molecular weight excluding hydrogens is 339 g/mol. The number of aromatic nitrogens is 2. The summed E-state index contributed by atoms with van der Waals surface area (Å²) in [6.45, 7) is 6.08. The van der Waals surface area contributed by atoms with Crippen LogP contribution in [0.15, 0.2) is 48.1 Å². The minimum atomic E-state index is -0.509. The number of carbonyl (C=O) groups excluding carboxylic acids is 2. The van der Waals surface area contributed by atoms with Crippen molar-refractivity contribution in [1.29, 1.82) is 0 Å². The van der Waals surface area contributed by atoms with Gasteiger partial charge >= 0.3 is 0 Å². The van der Waals surface area contributed by atoms with Crippen LogP contribution in [0.1, 0.15) is 37.7 Å². The number of nitrogens with one attached hydrogen (secondary N) is 3. The lowest BCUT2D eigenvalue weighted by Crippen LogP contribution is -2.31. The van der Waals surface area contributed by atoms with E-state index in [0.29, 0.717) is 17.5 Å². The number of H-pyrrole nitrogens is 1. The van der Waals surface area contributed by atoms with Crippen LogP contribution in [0.2, 0.25) is 0 Å². The van der Waals surface area contributed by atoms with Gasteiger partial charge in [-0.2, -0.15) is 0 Å². The number of rotatable bonds is 6. The predicted octanol–water partition coefficient (Wildman–Crippen LogP) is 2.12. The van der Waals surface area contributed by atoms with Crippen molar-refractivity contribution in [3.8, 4) is 0 Å². The van der Waals surface area contributed by atoms with Crippen molar-refractivity contribution in [2.75, 3.05) is 7.05 Å². The predicted molar refractivity (Wildman–Crippen MR) is 108 cm³/mol. The maximum absolute atomic E-state index is 12.6. The molecule has 1 heterocycles. The molecule has 0 spiro atoms. The molecule has 0 unspecified atom stereocenters. The number of likely N-dealkylation sites (N-methyl/N-ethyl adjacent to an activating group) is 1.